The van der Waals surface area contributed by atoms with Crippen molar-refractivity contribution in [2.24, 2.45) is 0 Å². The lowest BCUT2D eigenvalue weighted by Crippen LogP contribution is -2.35. The molecule has 0 saturated carbocycles. The van der Waals surface area contributed by atoms with E-state index in [2.05, 4.69) is 10.6 Å². The fraction of sp³-hybridized carbons (Fsp3) is 0.360. The van der Waals surface area contributed by atoms with Gasteiger partial charge in [0, 0.05) is 11.1 Å². The van der Waals surface area contributed by atoms with E-state index < -0.39 is 0 Å². The third-order valence-electron chi connectivity index (χ3n) is 5.60. The molecule has 34 heavy (non-hydrogen) atoms. The maximum absolute atomic E-state index is 12.7. The lowest BCUT2D eigenvalue weighted by molar-refractivity contribution is -0.117. The minimum atomic E-state index is -0.192. The number of thiazole rings is 1. The second-order valence-corrected chi connectivity index (χ2v) is 8.71. The lowest BCUT2D eigenvalue weighted by Gasteiger charge is -2.14. The molecule has 2 N–H and O–H groups in total. The van der Waals surface area contributed by atoms with Gasteiger partial charge in [-0.15, -0.1) is 0 Å². The van der Waals surface area contributed by atoms with Crippen LogP contribution in [0.5, 0.6) is 23.0 Å². The van der Waals surface area contributed by atoms with Crippen molar-refractivity contribution >= 4 is 22.4 Å². The van der Waals surface area contributed by atoms with E-state index in [4.69, 9.17) is 23.9 Å². The van der Waals surface area contributed by atoms with Gasteiger partial charge in [-0.05, 0) is 62.7 Å². The number of hydrogen-bond acceptors (Lipinski definition) is 8. The summed E-state index contributed by atoms with van der Waals surface area (Å²) >= 11 is 1.41. The van der Waals surface area contributed by atoms with Crippen LogP contribution in [0.25, 0.3) is 21.7 Å². The van der Waals surface area contributed by atoms with Crippen LogP contribution in [0.2, 0.25) is 0 Å². The minimum Gasteiger partial charge on any atom is -0.494 e. The first-order valence-electron chi connectivity index (χ1n) is 11.2. The van der Waals surface area contributed by atoms with E-state index in [1.807, 2.05) is 43.3 Å². The lowest BCUT2D eigenvalue weighted by atomic mass is 10.1. The maximum atomic E-state index is 12.7. The molecule has 1 aliphatic rings. The van der Waals surface area contributed by atoms with Gasteiger partial charge in [0.25, 0.3) is 0 Å². The normalized spacial score (nSPS) is 15.1. The summed E-state index contributed by atoms with van der Waals surface area (Å²) < 4.78 is 22.2. The number of carbonyl (C=O) groups is 1. The van der Waals surface area contributed by atoms with Crippen molar-refractivity contribution in [3.8, 4) is 44.7 Å². The molecule has 1 amide bonds. The van der Waals surface area contributed by atoms with E-state index in [-0.39, 0.29) is 11.9 Å². The number of nitrogens with one attached hydrogen (secondary N) is 2. The summed E-state index contributed by atoms with van der Waals surface area (Å²) in [5, 5.41) is 6.75. The Hall–Kier alpha value is -3.30. The molecule has 1 aliphatic heterocycles. The molecule has 2 heterocycles. The molecule has 8 nitrogen and oxygen atoms in total. The Morgan fingerprint density at radius 3 is 2.35 bits per heavy atom. The zero-order valence-corrected chi connectivity index (χ0v) is 20.6. The van der Waals surface area contributed by atoms with Gasteiger partial charge in [-0.25, -0.2) is 4.98 Å². The van der Waals surface area contributed by atoms with Crippen molar-refractivity contribution in [3.63, 3.8) is 0 Å². The molecule has 1 fully saturated rings. The van der Waals surface area contributed by atoms with Crippen molar-refractivity contribution in [2.75, 3.05) is 39.8 Å². The number of ether oxygens (including phenoxy) is 4. The highest BCUT2D eigenvalue weighted by Gasteiger charge is 2.25. The predicted molar refractivity (Wildman–Crippen MR) is 133 cm³/mol. The number of benzene rings is 2. The van der Waals surface area contributed by atoms with E-state index >= 15 is 0 Å². The highest BCUT2D eigenvalue weighted by atomic mass is 32.1. The molecule has 3 aromatic rings. The van der Waals surface area contributed by atoms with Gasteiger partial charge in [-0.1, -0.05) is 11.3 Å². The van der Waals surface area contributed by atoms with Gasteiger partial charge in [0.2, 0.25) is 11.7 Å². The second kappa shape index (κ2) is 10.8. The summed E-state index contributed by atoms with van der Waals surface area (Å²) in [6, 6.07) is 11.3. The number of aromatic nitrogens is 1. The van der Waals surface area contributed by atoms with Gasteiger partial charge in [0.05, 0.1) is 44.5 Å². The molecule has 1 saturated heterocycles. The van der Waals surface area contributed by atoms with Gasteiger partial charge in [-0.2, -0.15) is 0 Å². The smallest absolute Gasteiger partial charge is 0.243 e. The number of anilines is 1. The first kappa shape index (κ1) is 23.8. The Balaban J connectivity index is 1.78. The maximum Gasteiger partial charge on any atom is 0.243 e. The van der Waals surface area contributed by atoms with Gasteiger partial charge < -0.3 is 29.6 Å². The summed E-state index contributed by atoms with van der Waals surface area (Å²) in [5.74, 6) is 2.33. The van der Waals surface area contributed by atoms with Gasteiger partial charge in [0.15, 0.2) is 16.6 Å². The van der Waals surface area contributed by atoms with Crippen molar-refractivity contribution in [3.05, 3.63) is 36.4 Å². The zero-order valence-electron chi connectivity index (χ0n) is 19.8. The molecule has 1 aromatic heterocycles. The minimum absolute atomic E-state index is 0.0686. The number of rotatable bonds is 9. The molecule has 9 heteroatoms. The van der Waals surface area contributed by atoms with Crippen LogP contribution in [0.4, 0.5) is 5.13 Å². The van der Waals surface area contributed by atoms with E-state index in [0.717, 1.165) is 46.8 Å². The fourth-order valence-corrected chi connectivity index (χ4v) is 4.93. The van der Waals surface area contributed by atoms with Crippen LogP contribution in [-0.2, 0) is 4.79 Å². The summed E-state index contributed by atoms with van der Waals surface area (Å²) in [7, 11) is 4.74. The van der Waals surface area contributed by atoms with Crippen LogP contribution in [0.3, 0.4) is 0 Å². The third kappa shape index (κ3) is 4.95. The number of nitrogens with zero attached hydrogens (tertiary/aromatic N) is 1. The average molecular weight is 484 g/mol. The van der Waals surface area contributed by atoms with Crippen molar-refractivity contribution in [1.82, 2.24) is 10.3 Å². The molecule has 0 unspecified atom stereocenters. The number of methoxy groups -OCH3 is 3. The summed E-state index contributed by atoms with van der Waals surface area (Å²) in [5.41, 5.74) is 2.50. The number of carbonyl (C=O) groups excluding carboxylic acids is 1. The SMILES string of the molecule is CCOc1ccc(-c2nc(NC(=O)[C@H]3CCCN3)sc2-c2cc(OC)c(OC)c(OC)c2)cc1. The summed E-state index contributed by atoms with van der Waals surface area (Å²) in [4.78, 5) is 18.4. The van der Waals surface area contributed by atoms with Crippen LogP contribution in [-0.4, -0.2) is 51.4 Å². The first-order valence-corrected chi connectivity index (χ1v) is 12.0. The molecular formula is C25H29N3O5S. The van der Waals surface area contributed by atoms with E-state index in [1.165, 1.54) is 11.3 Å². The van der Waals surface area contributed by atoms with Crippen LogP contribution in [0.1, 0.15) is 19.8 Å². The summed E-state index contributed by atoms with van der Waals surface area (Å²) in [6.45, 7) is 3.40. The molecule has 0 aliphatic carbocycles. The highest BCUT2D eigenvalue weighted by molar-refractivity contribution is 7.19. The quantitative estimate of drug-likeness (QED) is 0.460. The topological polar surface area (TPSA) is 90.9 Å². The van der Waals surface area contributed by atoms with Crippen LogP contribution < -0.4 is 29.6 Å². The van der Waals surface area contributed by atoms with Crippen LogP contribution >= 0.6 is 11.3 Å². The standard InChI is InChI=1S/C25H29N3O5S/c1-5-33-17-10-8-15(9-11-17)21-23(16-13-19(30-2)22(32-4)20(14-16)31-3)34-25(27-21)28-24(29)18-7-6-12-26-18/h8-11,13-14,18,26H,5-7,12H2,1-4H3,(H,27,28,29)/t18-/m1/s1. The van der Waals surface area contributed by atoms with Crippen LogP contribution in [0.15, 0.2) is 36.4 Å². The Labute approximate surface area is 203 Å². The Morgan fingerprint density at radius 2 is 1.79 bits per heavy atom. The Morgan fingerprint density at radius 1 is 1.09 bits per heavy atom. The molecule has 0 spiro atoms. The van der Waals surface area contributed by atoms with Crippen molar-refractivity contribution < 1.29 is 23.7 Å². The Bertz CT molecular complexity index is 1110. The van der Waals surface area contributed by atoms with Gasteiger partial charge >= 0.3 is 0 Å². The van der Waals surface area contributed by atoms with Crippen molar-refractivity contribution in [1.29, 1.82) is 0 Å². The van der Waals surface area contributed by atoms with Crippen LogP contribution in [0, 0.1) is 0 Å². The number of amides is 1. The summed E-state index contributed by atoms with van der Waals surface area (Å²) in [6.07, 6.45) is 1.81. The first-order chi connectivity index (χ1) is 16.6. The zero-order chi connectivity index (χ0) is 24.1. The van der Waals surface area contributed by atoms with E-state index in [0.29, 0.717) is 29.0 Å². The number of hydrogen-bond donors (Lipinski definition) is 2. The van der Waals surface area contributed by atoms with E-state index in [9.17, 15) is 4.79 Å². The molecule has 2 aromatic carbocycles. The molecule has 0 radical (unpaired) electrons. The van der Waals surface area contributed by atoms with Gasteiger partial charge in [-0.3, -0.25) is 4.79 Å². The molecular weight excluding hydrogens is 454 g/mol. The Kier molecular flexibility index (Phi) is 7.54. The fourth-order valence-electron chi connectivity index (χ4n) is 3.95. The molecule has 0 bridgehead atoms. The van der Waals surface area contributed by atoms with Gasteiger partial charge in [0.1, 0.15) is 5.75 Å². The highest BCUT2D eigenvalue weighted by Crippen LogP contribution is 2.46. The predicted octanol–water partition coefficient (Wildman–Crippen LogP) is 4.59. The molecule has 1 atom stereocenters. The largest absolute Gasteiger partial charge is 0.494 e. The average Bonchev–Trinajstić information content (AvgIpc) is 3.54. The second-order valence-electron chi connectivity index (χ2n) is 7.71. The molecule has 180 valence electrons. The van der Waals surface area contributed by atoms with Crippen molar-refractivity contribution in [2.45, 2.75) is 25.8 Å². The molecule has 4 rings (SSSR count). The third-order valence-corrected chi connectivity index (χ3v) is 6.62. The van der Waals surface area contributed by atoms with E-state index in [1.54, 1.807) is 21.3 Å². The monoisotopic (exact) mass is 483 g/mol.